The quantitative estimate of drug-likeness (QED) is 0.0506. The van der Waals surface area contributed by atoms with Gasteiger partial charge in [-0.3, -0.25) is 38.4 Å². The van der Waals surface area contributed by atoms with E-state index in [2.05, 4.69) is 42.5 Å². The molecular formula is C96H106ClN9O33. The average molecular weight is 1950 g/mol. The fourth-order valence-electron chi connectivity index (χ4n) is 19.1. The first-order valence-electron chi connectivity index (χ1n) is 44.9. The van der Waals surface area contributed by atoms with E-state index in [4.69, 9.17) is 60.0 Å². The lowest BCUT2D eigenvalue weighted by Gasteiger charge is -2.45. The minimum Gasteiger partial charge on any atom is -0.508 e. The van der Waals surface area contributed by atoms with Crippen LogP contribution in [0.25, 0.3) is 11.1 Å². The first-order chi connectivity index (χ1) is 66.4. The molecule has 13 unspecified atom stereocenters. The number of aliphatic hydroxyl groups is 12. The molecule has 25 N–H and O–H groups in total. The maximum atomic E-state index is 17.3. The second-order valence-corrected chi connectivity index (χ2v) is 36.5. The molecule has 4 saturated heterocycles. The van der Waals surface area contributed by atoms with Gasteiger partial charge in [-0.25, -0.2) is 4.79 Å². The summed E-state index contributed by atoms with van der Waals surface area (Å²) in [5.74, 6) is -19.7. The Morgan fingerprint density at radius 3 is 1.81 bits per heavy atom. The van der Waals surface area contributed by atoms with E-state index < -0.39 is 308 Å². The van der Waals surface area contributed by atoms with Crippen LogP contribution in [0.15, 0.2) is 196 Å². The summed E-state index contributed by atoms with van der Waals surface area (Å²) in [6.45, 7) is 1.66. The molecule has 9 heterocycles. The Morgan fingerprint density at radius 1 is 0.561 bits per heavy atom. The molecule has 4 aliphatic carbocycles. The van der Waals surface area contributed by atoms with Gasteiger partial charge in [-0.15, -0.1) is 11.6 Å². The molecule has 4 fully saturated rings. The molecule has 5 aromatic carbocycles. The van der Waals surface area contributed by atoms with Crippen molar-refractivity contribution < 1.29 is 162 Å². The number of hydrogen-bond donors (Lipinski definition) is 24. The summed E-state index contributed by atoms with van der Waals surface area (Å²) in [6.07, 6.45) is -24.7. The summed E-state index contributed by atoms with van der Waals surface area (Å²) in [7, 11) is 0. The normalized spacial score (nSPS) is 33.2. The summed E-state index contributed by atoms with van der Waals surface area (Å²) < 4.78 is 59.2. The van der Waals surface area contributed by atoms with Crippen LogP contribution in [0, 0.1) is 17.8 Å². The molecular weight excluding hydrogens is 1840 g/mol. The molecule has 0 radical (unpaired) electrons. The van der Waals surface area contributed by atoms with Gasteiger partial charge in [-0.05, 0) is 142 Å². The van der Waals surface area contributed by atoms with E-state index in [-0.39, 0.29) is 75.7 Å². The van der Waals surface area contributed by atoms with Crippen molar-refractivity contribution in [2.24, 2.45) is 23.5 Å². The van der Waals surface area contributed by atoms with Crippen molar-refractivity contribution in [1.82, 2.24) is 42.5 Å². The number of benzene rings is 5. The minimum absolute atomic E-state index is 0.00993. The van der Waals surface area contributed by atoms with Gasteiger partial charge in [-0.1, -0.05) is 104 Å². The van der Waals surface area contributed by atoms with Crippen LogP contribution in [0.4, 0.5) is 0 Å². The number of phenols is 2. The number of aliphatic hydroxyl groups excluding tert-OH is 12. The lowest BCUT2D eigenvalue weighted by atomic mass is 9.71. The molecule has 18 rings (SSSR count). The van der Waals surface area contributed by atoms with E-state index in [9.17, 15) is 95.8 Å². The first-order valence-corrected chi connectivity index (χ1v) is 45.4. The van der Waals surface area contributed by atoms with Gasteiger partial charge >= 0.3 is 5.97 Å². The van der Waals surface area contributed by atoms with Crippen molar-refractivity contribution in [2.75, 3.05) is 26.4 Å². The number of nitrogens with one attached hydrogen (secondary N) is 8. The molecule has 740 valence electrons. The number of allylic oxidation sites excluding steroid dienone is 8. The maximum Gasteiger partial charge on any atom is 0.330 e. The lowest BCUT2D eigenvalue weighted by molar-refractivity contribution is -0.293. The number of amides is 8. The van der Waals surface area contributed by atoms with Gasteiger partial charge in [0.25, 0.3) is 0 Å². The smallest absolute Gasteiger partial charge is 0.330 e. The Balaban J connectivity index is 0.941. The van der Waals surface area contributed by atoms with Crippen LogP contribution < -0.4 is 67.2 Å². The summed E-state index contributed by atoms with van der Waals surface area (Å²) in [5, 5.41) is 192. The van der Waals surface area contributed by atoms with Crippen molar-refractivity contribution in [3.8, 4) is 51.4 Å². The Bertz CT molecular complexity index is 5910. The number of alkyl halides is 1. The molecule has 0 saturated carbocycles. The molecule has 17 bridgehead atoms. The van der Waals surface area contributed by atoms with Gasteiger partial charge in [0.05, 0.1) is 44.3 Å². The first kappa shape index (κ1) is 99.5. The number of carboxylic acids is 1. The highest BCUT2D eigenvalue weighted by Crippen LogP contribution is 2.51. The van der Waals surface area contributed by atoms with Gasteiger partial charge in [0.2, 0.25) is 65.6 Å². The largest absolute Gasteiger partial charge is 0.508 e. The Kier molecular flexibility index (Phi) is 29.7. The van der Waals surface area contributed by atoms with Crippen molar-refractivity contribution in [2.45, 2.75) is 212 Å². The van der Waals surface area contributed by atoms with Crippen molar-refractivity contribution in [3.63, 3.8) is 0 Å². The van der Waals surface area contributed by atoms with E-state index in [1.165, 1.54) is 55.5 Å². The van der Waals surface area contributed by atoms with Gasteiger partial charge in [0.1, 0.15) is 144 Å². The number of carbonyl (C=O) groups excluding carboxylic acids is 8. The molecule has 13 aliphatic rings. The number of halogens is 1. The molecule has 43 heteroatoms. The summed E-state index contributed by atoms with van der Waals surface area (Å²) in [6, 6.07) is 6.51. The Morgan fingerprint density at radius 2 is 1.17 bits per heavy atom. The number of aromatic hydroxyl groups is 2. The number of carboxylic acid groups (broad SMARTS) is 1. The predicted octanol–water partition coefficient (Wildman–Crippen LogP) is -1.39. The minimum atomic E-state index is -2.51. The summed E-state index contributed by atoms with van der Waals surface area (Å²) in [5.41, 5.74) is 7.41. The fraction of sp³-hybridized carbons (Fsp3) is 0.427. The topological polar surface area (TPSA) is 662 Å². The number of ether oxygens (including phenoxy) is 9. The predicted molar refractivity (Wildman–Crippen MR) is 480 cm³/mol. The third-order valence-corrected chi connectivity index (χ3v) is 26.8. The zero-order valence-corrected chi connectivity index (χ0v) is 75.6. The highest BCUT2D eigenvalue weighted by molar-refractivity contribution is 6.22. The number of aliphatic carboxylic acids is 1. The zero-order chi connectivity index (χ0) is 99.3. The van der Waals surface area contributed by atoms with Gasteiger partial charge < -0.3 is 167 Å². The van der Waals surface area contributed by atoms with E-state index >= 15 is 24.0 Å². The molecule has 28 atom stereocenters. The van der Waals surface area contributed by atoms with Gasteiger partial charge in [0.15, 0.2) is 35.3 Å². The molecule has 139 heavy (non-hydrogen) atoms. The van der Waals surface area contributed by atoms with Crippen LogP contribution >= 0.6 is 11.6 Å². The third-order valence-electron chi connectivity index (χ3n) is 26.4. The van der Waals surface area contributed by atoms with Crippen LogP contribution in [0.2, 0.25) is 0 Å². The van der Waals surface area contributed by atoms with Crippen LogP contribution in [-0.2, 0) is 73.3 Å². The lowest BCUT2D eigenvalue weighted by Crippen LogP contribution is -2.67. The third kappa shape index (κ3) is 20.6. The van der Waals surface area contributed by atoms with E-state index in [0.717, 1.165) is 48.4 Å². The monoisotopic (exact) mass is 1950 g/mol. The number of carbonyl (C=O) groups is 9. The van der Waals surface area contributed by atoms with Crippen LogP contribution in [0.5, 0.6) is 40.2 Å². The number of nitrogens with two attached hydrogens (primary N) is 1. The number of hydrogen-bond acceptors (Lipinski definition) is 33. The Labute approximate surface area is 797 Å². The average Bonchev–Trinajstić information content (AvgIpc) is 0.744. The highest BCUT2D eigenvalue weighted by Gasteiger charge is 2.55. The van der Waals surface area contributed by atoms with Crippen LogP contribution in [0.1, 0.15) is 93.8 Å². The van der Waals surface area contributed by atoms with E-state index in [0.29, 0.717) is 16.7 Å². The molecule has 42 nitrogen and oxygen atoms in total. The number of fused-ring (bicyclic) bond motifs is 14. The number of phenolic OH excluding ortho intramolecular Hbond substituents is 2. The molecule has 0 spiro atoms. The van der Waals surface area contributed by atoms with E-state index in [1.54, 1.807) is 44.2 Å². The molecule has 8 amide bonds. The SMILES string of the molecule is CC(=O)NC1C(O)[C@H](O)C(CO)O[C@H]1O[C@@H]1C2=CC=C(Oc3cc4cc(c3O[C@@H]3OC(CO)[C@@H](O)C(O)C3NC(=O)Cc3ccc(-c5ccccc5)cc3)OC3=C(C)C=C(CC3C)C[C@H]3NC(=O)[C@H](N)c5ccc(O)c(c5)Oc5cc(O)cc(c5)[C@H](NC3=O)C(=O)N[C@H]4C(=O)N[C@H]3C(=O)N[C@@H]1C(=O)N[C@H](C(=O)O)C1=CC(O)C(C)C(O[C@H]4OC(CO)[C@@H](O)C(O)C4O)=C1C1CC3=CC=C1CO)[C@@H](Cl)C2. The fourth-order valence-corrected chi connectivity index (χ4v) is 19.4. The van der Waals surface area contributed by atoms with E-state index in [1.807, 2.05) is 30.3 Å². The highest BCUT2D eigenvalue weighted by atomic mass is 35.5. The molecule has 9 aliphatic heterocycles. The van der Waals surface area contributed by atoms with Crippen molar-refractivity contribution >= 4 is 64.8 Å². The van der Waals surface area contributed by atoms with Gasteiger partial charge in [-0.2, -0.15) is 0 Å². The Hall–Kier alpha value is -12.5. The van der Waals surface area contributed by atoms with Gasteiger partial charge in [0, 0.05) is 36.3 Å². The molecule has 0 aromatic heterocycles. The van der Waals surface area contributed by atoms with Crippen molar-refractivity contribution in [3.05, 3.63) is 218 Å². The summed E-state index contributed by atoms with van der Waals surface area (Å²) >= 11 is 7.70. The second kappa shape index (κ2) is 41.5. The maximum absolute atomic E-state index is 17.3. The number of rotatable bonds is 16. The molecule has 5 aromatic rings. The van der Waals surface area contributed by atoms with Crippen LogP contribution in [-0.4, -0.2) is 290 Å². The zero-order valence-electron chi connectivity index (χ0n) is 74.8. The summed E-state index contributed by atoms with van der Waals surface area (Å²) in [4.78, 5) is 141. The van der Waals surface area contributed by atoms with Crippen molar-refractivity contribution in [1.29, 1.82) is 0 Å². The van der Waals surface area contributed by atoms with Crippen LogP contribution in [0.3, 0.4) is 0 Å². The standard InChI is InChI=1S/C96H106ClN9O33/c1-37-20-42-21-38(2)83(37)133-62-30-50-29-61(86(62)139-95-74(80(120)77(117)64(35-109)135-95)101-66(115)23-41-10-12-44(13-11-41)43-8-6-5-7-9-43)132-59-19-17-47(27-55(59)97)85(138-94-73(99-40(4)111)79(119)76(116)63(34-108)134-94)75-92(128)105-72(93(129)130)54-32-58(114)39(3)84(137-96-82(122)81(121)78(118)65(36-110)136-96)67(54)53-26-46(14-15-48(53)33-107)69(89(125)106-75)103-91(127)71(50)104-90(126)70-49-24-51(112)31-52(25-49)131-60-28-45(16-18-57(60)113)68(98)88(124)100-56(22-42)87(123)102-70/h5-20,24-25,28-32,38-39,53,55-56,58,63-65,68-82,85,94-96,107-110,112-114,116-122H,21-23,26-27,33-36,98H2,1-4H3,(H,99,111)(H,100,124)(H,101,115)(H,102,123)(H,103,127)(H,104,126)(H,105,128)(H,106,125)(H,129,130)/t38?,39?,53?,55-,56+,58?,63?,64?,65?,68+,69+,70-,71+,72-,73?,74?,75-,76+,77+,78+,79?,80?,81?,82?,85+,94-,95-,96+/m0/s1. The second-order valence-electron chi connectivity index (χ2n) is 36.0.